The molecule has 198 valence electrons. The van der Waals surface area contributed by atoms with Crippen molar-refractivity contribution >= 4 is 46.0 Å². The Morgan fingerprint density at radius 3 is 2.62 bits per heavy atom. The molecule has 0 N–H and O–H groups in total. The van der Waals surface area contributed by atoms with Crippen LogP contribution >= 0.6 is 34.4 Å². The van der Waals surface area contributed by atoms with Crippen LogP contribution in [0.25, 0.3) is 16.4 Å². The molecule has 0 unspecified atom stereocenters. The topological polar surface area (TPSA) is 67.2 Å². The fourth-order valence-corrected chi connectivity index (χ4v) is 6.99. The van der Waals surface area contributed by atoms with Crippen molar-refractivity contribution in [3.8, 4) is 16.4 Å². The van der Waals surface area contributed by atoms with E-state index in [1.54, 1.807) is 40.1 Å². The summed E-state index contributed by atoms with van der Waals surface area (Å²) in [7, 11) is 0. The highest BCUT2D eigenvalue weighted by molar-refractivity contribution is 7.98. The van der Waals surface area contributed by atoms with Crippen molar-refractivity contribution in [2.75, 3.05) is 31.1 Å². The number of thiophene rings is 1. The SMILES string of the molecule is Cc1cccc(-n2c(SCc3nc(C(=O)N4CCN(c5ccccc5F)CC4)cs3)nnc2-c2cccs2)c1. The number of piperazine rings is 1. The Morgan fingerprint density at radius 1 is 1.00 bits per heavy atom. The van der Waals surface area contributed by atoms with E-state index < -0.39 is 0 Å². The normalized spacial score (nSPS) is 13.7. The number of benzene rings is 2. The number of anilines is 1. The minimum Gasteiger partial charge on any atom is -0.366 e. The Hall–Kier alpha value is -3.54. The quantitative estimate of drug-likeness (QED) is 0.217. The number of nitrogens with zero attached hydrogens (tertiary/aromatic N) is 6. The molecule has 0 radical (unpaired) electrons. The van der Waals surface area contributed by atoms with E-state index in [0.29, 0.717) is 43.3 Å². The third-order valence-corrected chi connectivity index (χ3v) is 9.33. The molecule has 1 amide bonds. The van der Waals surface area contributed by atoms with Crippen molar-refractivity contribution in [3.63, 3.8) is 0 Å². The first-order valence-corrected chi connectivity index (χ1v) is 15.2. The molecule has 0 bridgehead atoms. The van der Waals surface area contributed by atoms with Crippen LogP contribution in [-0.4, -0.2) is 56.7 Å². The van der Waals surface area contributed by atoms with Crippen molar-refractivity contribution < 1.29 is 9.18 Å². The van der Waals surface area contributed by atoms with Gasteiger partial charge in [-0.3, -0.25) is 9.36 Å². The summed E-state index contributed by atoms with van der Waals surface area (Å²) in [5, 5.41) is 14.5. The second-order valence-corrected chi connectivity index (χ2v) is 11.9. The van der Waals surface area contributed by atoms with E-state index in [-0.39, 0.29) is 11.7 Å². The van der Waals surface area contributed by atoms with E-state index in [2.05, 4.69) is 44.9 Å². The van der Waals surface area contributed by atoms with Gasteiger partial charge in [-0.25, -0.2) is 9.37 Å². The summed E-state index contributed by atoms with van der Waals surface area (Å²) in [6.45, 7) is 4.29. The third kappa shape index (κ3) is 5.47. The van der Waals surface area contributed by atoms with E-state index in [9.17, 15) is 9.18 Å². The molecule has 5 aromatic rings. The van der Waals surface area contributed by atoms with Gasteiger partial charge in [0.15, 0.2) is 11.0 Å². The minimum absolute atomic E-state index is 0.0846. The maximum Gasteiger partial charge on any atom is 0.273 e. The lowest BCUT2D eigenvalue weighted by molar-refractivity contribution is 0.0741. The summed E-state index contributed by atoms with van der Waals surface area (Å²) < 4.78 is 16.2. The number of para-hydroxylation sites is 1. The fourth-order valence-electron chi connectivity index (χ4n) is 4.55. The summed E-state index contributed by atoms with van der Waals surface area (Å²) in [6, 6.07) is 19.1. The average molecular weight is 577 g/mol. The smallest absolute Gasteiger partial charge is 0.273 e. The largest absolute Gasteiger partial charge is 0.366 e. The lowest BCUT2D eigenvalue weighted by atomic mass is 10.2. The first-order valence-electron chi connectivity index (χ1n) is 12.5. The molecule has 1 saturated heterocycles. The van der Waals surface area contributed by atoms with Crippen LogP contribution in [0.1, 0.15) is 21.1 Å². The zero-order valence-electron chi connectivity index (χ0n) is 21.2. The van der Waals surface area contributed by atoms with Gasteiger partial charge in [0.05, 0.1) is 22.0 Å². The van der Waals surface area contributed by atoms with Gasteiger partial charge in [-0.2, -0.15) is 0 Å². The van der Waals surface area contributed by atoms with Crippen LogP contribution in [0, 0.1) is 12.7 Å². The Morgan fingerprint density at radius 2 is 1.85 bits per heavy atom. The van der Waals surface area contributed by atoms with Gasteiger partial charge in [0.2, 0.25) is 0 Å². The highest BCUT2D eigenvalue weighted by Crippen LogP contribution is 2.32. The zero-order valence-corrected chi connectivity index (χ0v) is 23.6. The average Bonchev–Trinajstić information content (AvgIpc) is 3.73. The summed E-state index contributed by atoms with van der Waals surface area (Å²) in [5.74, 6) is 1.06. The molecular weight excluding hydrogens is 552 g/mol. The van der Waals surface area contributed by atoms with Crippen molar-refractivity contribution in [3.05, 3.63) is 93.5 Å². The summed E-state index contributed by atoms with van der Waals surface area (Å²) in [6.07, 6.45) is 0. The maximum absolute atomic E-state index is 14.2. The Kier molecular flexibility index (Phi) is 7.45. The van der Waals surface area contributed by atoms with Gasteiger partial charge in [-0.05, 0) is 48.2 Å². The molecule has 2 aromatic carbocycles. The molecule has 4 heterocycles. The van der Waals surface area contributed by atoms with E-state index >= 15 is 0 Å². The molecule has 39 heavy (non-hydrogen) atoms. The van der Waals surface area contributed by atoms with Crippen LogP contribution < -0.4 is 4.90 Å². The van der Waals surface area contributed by atoms with Gasteiger partial charge in [-0.1, -0.05) is 42.1 Å². The van der Waals surface area contributed by atoms with Gasteiger partial charge >= 0.3 is 0 Å². The molecule has 1 aliphatic heterocycles. The summed E-state index contributed by atoms with van der Waals surface area (Å²) >= 11 is 4.66. The molecule has 0 atom stereocenters. The lowest BCUT2D eigenvalue weighted by Gasteiger charge is -2.35. The molecule has 1 fully saturated rings. The van der Waals surface area contributed by atoms with Crippen molar-refractivity contribution in [2.24, 2.45) is 0 Å². The highest BCUT2D eigenvalue weighted by atomic mass is 32.2. The molecule has 6 rings (SSSR count). The number of hydrogen-bond acceptors (Lipinski definition) is 8. The van der Waals surface area contributed by atoms with E-state index in [4.69, 9.17) is 0 Å². The number of carbonyl (C=O) groups is 1. The van der Waals surface area contributed by atoms with Gasteiger partial charge < -0.3 is 9.80 Å². The predicted octanol–water partition coefficient (Wildman–Crippen LogP) is 6.15. The van der Waals surface area contributed by atoms with Crippen LogP contribution in [-0.2, 0) is 5.75 Å². The number of hydrogen-bond donors (Lipinski definition) is 0. The molecular formula is C28H25FN6OS3. The number of halogens is 1. The second kappa shape index (κ2) is 11.3. The number of thiazole rings is 1. The number of thioether (sulfide) groups is 1. The Bertz CT molecular complexity index is 1590. The Balaban J connectivity index is 1.13. The first kappa shape index (κ1) is 25.7. The third-order valence-electron chi connectivity index (χ3n) is 6.49. The van der Waals surface area contributed by atoms with E-state index in [0.717, 1.165) is 32.1 Å². The van der Waals surface area contributed by atoms with Crippen LogP contribution in [0.15, 0.2) is 76.6 Å². The predicted molar refractivity (Wildman–Crippen MR) is 156 cm³/mol. The zero-order chi connectivity index (χ0) is 26.8. The molecule has 0 spiro atoms. The molecule has 0 aliphatic carbocycles. The monoisotopic (exact) mass is 576 g/mol. The first-order chi connectivity index (χ1) is 19.1. The minimum atomic E-state index is -0.236. The maximum atomic E-state index is 14.2. The molecule has 3 aromatic heterocycles. The van der Waals surface area contributed by atoms with E-state index in [1.807, 2.05) is 39.9 Å². The number of rotatable bonds is 7. The van der Waals surface area contributed by atoms with Gasteiger partial charge in [0, 0.05) is 31.6 Å². The summed E-state index contributed by atoms with van der Waals surface area (Å²) in [5.41, 5.74) is 3.20. The standard InChI is InChI=1S/C28H25FN6OS3/c1-19-6-4-7-20(16-19)35-26(24-10-5-15-37-24)31-32-28(35)39-18-25-30-22(17-38-25)27(36)34-13-11-33(12-14-34)23-9-3-2-8-21(23)29/h2-10,15-17H,11-14,18H2,1H3. The number of carbonyl (C=O) groups excluding carboxylic acids is 1. The number of amides is 1. The molecule has 1 aliphatic rings. The Labute approximate surface area is 238 Å². The second-order valence-electron chi connectivity index (χ2n) is 9.10. The molecule has 0 saturated carbocycles. The summed E-state index contributed by atoms with van der Waals surface area (Å²) in [4.78, 5) is 22.6. The lowest BCUT2D eigenvalue weighted by Crippen LogP contribution is -2.49. The number of aromatic nitrogens is 4. The van der Waals surface area contributed by atoms with Gasteiger partial charge in [0.25, 0.3) is 5.91 Å². The molecule has 11 heteroatoms. The molecule has 7 nitrogen and oxygen atoms in total. The van der Waals surface area contributed by atoms with Crippen LogP contribution in [0.2, 0.25) is 0 Å². The van der Waals surface area contributed by atoms with Crippen LogP contribution in [0.5, 0.6) is 0 Å². The van der Waals surface area contributed by atoms with Crippen LogP contribution in [0.3, 0.4) is 0 Å². The van der Waals surface area contributed by atoms with Crippen molar-refractivity contribution in [1.29, 1.82) is 0 Å². The van der Waals surface area contributed by atoms with Crippen molar-refractivity contribution in [2.45, 2.75) is 17.8 Å². The number of aryl methyl sites for hydroxylation is 1. The van der Waals surface area contributed by atoms with Gasteiger partial charge in [0.1, 0.15) is 16.5 Å². The van der Waals surface area contributed by atoms with E-state index in [1.165, 1.54) is 17.4 Å². The van der Waals surface area contributed by atoms with Gasteiger partial charge in [-0.15, -0.1) is 32.9 Å². The van der Waals surface area contributed by atoms with Crippen LogP contribution in [0.4, 0.5) is 10.1 Å². The fraction of sp³-hybridized carbons (Fsp3) is 0.214. The van der Waals surface area contributed by atoms with Crippen molar-refractivity contribution in [1.82, 2.24) is 24.6 Å². The highest BCUT2D eigenvalue weighted by Gasteiger charge is 2.25.